The number of thiophene rings is 1. The van der Waals surface area contributed by atoms with Crippen molar-refractivity contribution < 1.29 is 9.84 Å². The Morgan fingerprint density at radius 2 is 2.15 bits per heavy atom. The number of hydrogen-bond donors (Lipinski definition) is 2. The molecule has 0 unspecified atom stereocenters. The number of aliphatic hydroxyl groups is 1. The highest BCUT2D eigenvalue weighted by molar-refractivity contribution is 7.20. The number of nitrogens with one attached hydrogen (secondary N) is 1. The number of aromatic nitrogens is 6. The highest BCUT2D eigenvalue weighted by atomic mass is 32.1. The predicted octanol–water partition coefficient (Wildman–Crippen LogP) is 3.35. The van der Waals surface area contributed by atoms with Gasteiger partial charge in [-0.1, -0.05) is 0 Å². The molecule has 0 amide bonds. The summed E-state index contributed by atoms with van der Waals surface area (Å²) >= 11 is 1.55. The van der Waals surface area contributed by atoms with Crippen molar-refractivity contribution >= 4 is 38.4 Å². The van der Waals surface area contributed by atoms with Crippen LogP contribution in [0, 0.1) is 0 Å². The number of aliphatic hydroxyl groups excluding tert-OH is 1. The molecular weight excluding hydrogens is 438 g/mol. The van der Waals surface area contributed by atoms with E-state index in [1.165, 1.54) is 0 Å². The van der Waals surface area contributed by atoms with E-state index in [9.17, 15) is 5.11 Å². The molecular formula is C23H23N7O2S. The fourth-order valence-corrected chi connectivity index (χ4v) is 5.63. The largest absolute Gasteiger partial charge is 0.391 e. The number of morpholine rings is 1. The maximum absolute atomic E-state index is 10.2. The van der Waals surface area contributed by atoms with Crippen molar-refractivity contribution in [3.05, 3.63) is 41.7 Å². The summed E-state index contributed by atoms with van der Waals surface area (Å²) in [6, 6.07) is 6.08. The van der Waals surface area contributed by atoms with Gasteiger partial charge in [0, 0.05) is 53.6 Å². The first kappa shape index (κ1) is 20.3. The summed E-state index contributed by atoms with van der Waals surface area (Å²) in [4.78, 5) is 20.9. The lowest BCUT2D eigenvalue weighted by Gasteiger charge is -2.34. The second-order valence-electron chi connectivity index (χ2n) is 8.16. The standard InChI is InChI=1S/C23H23N7O2S/c1-13-12-32-10-9-30(13)23-20-19(18(17(11-31)33-20)16-5-8-26-29(16)2)27-22(28-23)15-4-7-25-21-14(15)3-6-24-21/h3-8,13,31H,9-12H2,1-2H3,(H,24,25)/t13-/m1/s1. The first-order chi connectivity index (χ1) is 16.2. The molecule has 6 heterocycles. The van der Waals surface area contributed by atoms with E-state index in [0.29, 0.717) is 19.0 Å². The Bertz CT molecular complexity index is 1470. The van der Waals surface area contributed by atoms with E-state index in [0.717, 1.165) is 55.3 Å². The number of ether oxygens (including phenoxy) is 1. The first-order valence-corrected chi connectivity index (χ1v) is 11.7. The van der Waals surface area contributed by atoms with Crippen LogP contribution in [0.4, 0.5) is 5.82 Å². The lowest BCUT2D eigenvalue weighted by atomic mass is 10.1. The van der Waals surface area contributed by atoms with E-state index in [1.54, 1.807) is 23.7 Å². The number of H-pyrrole nitrogens is 1. The third kappa shape index (κ3) is 3.21. The fraction of sp³-hybridized carbons (Fsp3) is 0.304. The Balaban J connectivity index is 1.68. The maximum atomic E-state index is 10.2. The quantitative estimate of drug-likeness (QED) is 0.423. The van der Waals surface area contributed by atoms with Crippen LogP contribution < -0.4 is 4.90 Å². The Morgan fingerprint density at radius 1 is 1.24 bits per heavy atom. The van der Waals surface area contributed by atoms with Gasteiger partial charge < -0.3 is 19.7 Å². The third-order valence-electron chi connectivity index (χ3n) is 6.15. The minimum Gasteiger partial charge on any atom is -0.391 e. The highest BCUT2D eigenvalue weighted by Crippen LogP contribution is 2.43. The van der Waals surface area contributed by atoms with E-state index in [1.807, 2.05) is 36.1 Å². The lowest BCUT2D eigenvalue weighted by Crippen LogP contribution is -2.44. The molecule has 1 saturated heterocycles. The summed E-state index contributed by atoms with van der Waals surface area (Å²) in [5.74, 6) is 1.51. The second kappa shape index (κ2) is 7.91. The summed E-state index contributed by atoms with van der Waals surface area (Å²) < 4.78 is 8.47. The number of hydrogen-bond acceptors (Lipinski definition) is 8. The van der Waals surface area contributed by atoms with Crippen LogP contribution in [0.5, 0.6) is 0 Å². The van der Waals surface area contributed by atoms with E-state index < -0.39 is 0 Å². The van der Waals surface area contributed by atoms with Gasteiger partial charge in [0.2, 0.25) is 0 Å². The number of pyridine rings is 1. The normalized spacial score (nSPS) is 16.8. The van der Waals surface area contributed by atoms with Gasteiger partial charge in [-0.2, -0.15) is 5.10 Å². The van der Waals surface area contributed by atoms with E-state index in [2.05, 4.69) is 26.9 Å². The fourth-order valence-electron chi connectivity index (χ4n) is 4.52. The molecule has 1 atom stereocenters. The average Bonchev–Trinajstić information content (AvgIpc) is 3.56. The Kier molecular flexibility index (Phi) is 4.86. The zero-order chi connectivity index (χ0) is 22.5. The van der Waals surface area contributed by atoms with Gasteiger partial charge in [0.05, 0.1) is 41.8 Å². The second-order valence-corrected chi connectivity index (χ2v) is 9.27. The minimum absolute atomic E-state index is 0.0771. The van der Waals surface area contributed by atoms with Gasteiger partial charge >= 0.3 is 0 Å². The van der Waals surface area contributed by atoms with Crippen LogP contribution in [0.3, 0.4) is 0 Å². The SMILES string of the molecule is C[C@@H]1COCCN1c1nc(-c2ccnc3[nH]ccc23)nc2c(-c3ccnn3C)c(CO)sc12. The van der Waals surface area contributed by atoms with E-state index in [4.69, 9.17) is 14.7 Å². The van der Waals surface area contributed by atoms with Crippen LogP contribution in [-0.4, -0.2) is 60.6 Å². The number of aromatic amines is 1. The van der Waals surface area contributed by atoms with Crippen LogP contribution in [-0.2, 0) is 18.4 Å². The zero-order valence-electron chi connectivity index (χ0n) is 18.3. The van der Waals surface area contributed by atoms with Crippen LogP contribution >= 0.6 is 11.3 Å². The average molecular weight is 462 g/mol. The summed E-state index contributed by atoms with van der Waals surface area (Å²) in [7, 11) is 1.90. The predicted molar refractivity (Wildman–Crippen MR) is 128 cm³/mol. The van der Waals surface area contributed by atoms with E-state index >= 15 is 0 Å². The number of nitrogens with zero attached hydrogens (tertiary/aromatic N) is 6. The first-order valence-electron chi connectivity index (χ1n) is 10.8. The Morgan fingerprint density at radius 3 is 2.94 bits per heavy atom. The number of anilines is 1. The molecule has 0 spiro atoms. The molecule has 33 heavy (non-hydrogen) atoms. The van der Waals surface area contributed by atoms with Crippen LogP contribution in [0.1, 0.15) is 11.8 Å². The van der Waals surface area contributed by atoms with Crippen molar-refractivity contribution in [1.29, 1.82) is 0 Å². The molecule has 5 aromatic heterocycles. The minimum atomic E-state index is -0.0771. The van der Waals surface area contributed by atoms with Gasteiger partial charge in [0.1, 0.15) is 5.65 Å². The summed E-state index contributed by atoms with van der Waals surface area (Å²) in [6.45, 7) is 4.11. The van der Waals surface area contributed by atoms with Crippen molar-refractivity contribution in [3.63, 3.8) is 0 Å². The lowest BCUT2D eigenvalue weighted by molar-refractivity contribution is 0.0987. The monoisotopic (exact) mass is 461 g/mol. The van der Waals surface area contributed by atoms with E-state index in [-0.39, 0.29) is 12.6 Å². The molecule has 1 aliphatic rings. The molecule has 2 N–H and O–H groups in total. The van der Waals surface area contributed by atoms with Gasteiger partial charge in [0.15, 0.2) is 11.6 Å². The Hall–Kier alpha value is -3.34. The molecule has 0 saturated carbocycles. The summed E-state index contributed by atoms with van der Waals surface area (Å²) in [5, 5.41) is 15.6. The molecule has 6 rings (SSSR count). The molecule has 1 fully saturated rings. The van der Waals surface area contributed by atoms with Crippen molar-refractivity contribution in [2.45, 2.75) is 19.6 Å². The van der Waals surface area contributed by atoms with Crippen molar-refractivity contribution in [1.82, 2.24) is 29.7 Å². The molecule has 5 aromatic rings. The highest BCUT2D eigenvalue weighted by Gasteiger charge is 2.28. The summed E-state index contributed by atoms with van der Waals surface area (Å²) in [6.07, 6.45) is 5.41. The van der Waals surface area contributed by atoms with Gasteiger partial charge in [-0.15, -0.1) is 11.3 Å². The zero-order valence-corrected chi connectivity index (χ0v) is 19.1. The van der Waals surface area contributed by atoms with Gasteiger partial charge in [-0.05, 0) is 25.1 Å². The van der Waals surface area contributed by atoms with Crippen molar-refractivity contribution in [2.75, 3.05) is 24.7 Å². The van der Waals surface area contributed by atoms with Gasteiger partial charge in [0.25, 0.3) is 0 Å². The van der Waals surface area contributed by atoms with Gasteiger partial charge in [-0.3, -0.25) is 4.68 Å². The molecule has 1 aliphatic heterocycles. The molecule has 168 valence electrons. The topological polar surface area (TPSA) is 105 Å². The smallest absolute Gasteiger partial charge is 0.163 e. The van der Waals surface area contributed by atoms with Crippen LogP contribution in [0.15, 0.2) is 36.8 Å². The summed E-state index contributed by atoms with van der Waals surface area (Å²) in [5.41, 5.74) is 4.36. The molecule has 0 aromatic carbocycles. The molecule has 9 nitrogen and oxygen atoms in total. The maximum Gasteiger partial charge on any atom is 0.163 e. The Labute approximate surface area is 193 Å². The third-order valence-corrected chi connectivity index (χ3v) is 7.31. The van der Waals surface area contributed by atoms with Crippen LogP contribution in [0.2, 0.25) is 0 Å². The molecule has 10 heteroatoms. The van der Waals surface area contributed by atoms with Crippen LogP contribution in [0.25, 0.3) is 43.9 Å². The van der Waals surface area contributed by atoms with Crippen molar-refractivity contribution in [2.24, 2.45) is 7.05 Å². The number of rotatable bonds is 4. The number of aryl methyl sites for hydroxylation is 1. The molecule has 0 radical (unpaired) electrons. The number of fused-ring (bicyclic) bond motifs is 2. The van der Waals surface area contributed by atoms with Gasteiger partial charge in [-0.25, -0.2) is 15.0 Å². The van der Waals surface area contributed by atoms with Crippen molar-refractivity contribution in [3.8, 4) is 22.6 Å². The molecule has 0 bridgehead atoms. The molecule has 0 aliphatic carbocycles.